The van der Waals surface area contributed by atoms with Gasteiger partial charge in [-0.2, -0.15) is 0 Å². The van der Waals surface area contributed by atoms with Gasteiger partial charge in [0.15, 0.2) is 0 Å². The van der Waals surface area contributed by atoms with Crippen LogP contribution < -0.4 is 0 Å². The van der Waals surface area contributed by atoms with Gasteiger partial charge < -0.3 is 9.84 Å². The Kier molecular flexibility index (Phi) is 6.16. The highest BCUT2D eigenvalue weighted by Gasteiger charge is 2.16. The van der Waals surface area contributed by atoms with E-state index < -0.39 is 5.97 Å². The minimum Gasteiger partial charge on any atom is -0.481 e. The van der Waals surface area contributed by atoms with Crippen molar-refractivity contribution in [3.05, 3.63) is 34.3 Å². The van der Waals surface area contributed by atoms with Crippen LogP contribution in [-0.4, -0.2) is 17.7 Å². The molecule has 3 nitrogen and oxygen atoms in total. The number of carbonyl (C=O) groups is 1. The highest BCUT2D eigenvalue weighted by molar-refractivity contribution is 6.31. The Bertz CT molecular complexity index is 404. The van der Waals surface area contributed by atoms with E-state index in [1.54, 1.807) is 6.07 Å². The van der Waals surface area contributed by atoms with Crippen LogP contribution in [0.2, 0.25) is 5.02 Å². The second kappa shape index (κ2) is 7.39. The van der Waals surface area contributed by atoms with E-state index in [0.717, 1.165) is 17.5 Å². The molecule has 0 spiro atoms. The Hall–Kier alpha value is -1.06. The number of hydrogen-bond donors (Lipinski definition) is 1. The zero-order valence-corrected chi connectivity index (χ0v) is 11.5. The number of aliphatic carboxylic acids is 1. The predicted octanol–water partition coefficient (Wildman–Crippen LogP) is 3.84. The van der Waals surface area contributed by atoms with Gasteiger partial charge in [0, 0.05) is 18.1 Å². The first-order chi connectivity index (χ1) is 8.60. The lowest BCUT2D eigenvalue weighted by atomic mass is 9.97. The van der Waals surface area contributed by atoms with Crippen LogP contribution in [0.25, 0.3) is 0 Å². The normalized spacial score (nSPS) is 12.4. The van der Waals surface area contributed by atoms with E-state index in [1.165, 1.54) is 0 Å². The molecule has 18 heavy (non-hydrogen) atoms. The van der Waals surface area contributed by atoms with Crippen LogP contribution in [0.1, 0.15) is 43.9 Å². The van der Waals surface area contributed by atoms with Crippen LogP contribution in [0.4, 0.5) is 0 Å². The lowest BCUT2D eigenvalue weighted by Crippen LogP contribution is -2.08. The van der Waals surface area contributed by atoms with E-state index in [4.69, 9.17) is 21.4 Å². The number of halogens is 1. The molecule has 0 aromatic heterocycles. The molecule has 0 aliphatic carbocycles. The summed E-state index contributed by atoms with van der Waals surface area (Å²) in [6.45, 7) is 4.62. The van der Waals surface area contributed by atoms with Gasteiger partial charge in [0.2, 0.25) is 0 Å². The topological polar surface area (TPSA) is 46.5 Å². The summed E-state index contributed by atoms with van der Waals surface area (Å²) in [7, 11) is 0. The van der Waals surface area contributed by atoms with E-state index in [2.05, 4.69) is 0 Å². The van der Waals surface area contributed by atoms with Crippen molar-refractivity contribution in [2.75, 3.05) is 6.61 Å². The van der Waals surface area contributed by atoms with Gasteiger partial charge in [-0.05, 0) is 37.0 Å². The van der Waals surface area contributed by atoms with Gasteiger partial charge in [-0.15, -0.1) is 0 Å². The first-order valence-corrected chi connectivity index (χ1v) is 6.58. The van der Waals surface area contributed by atoms with Gasteiger partial charge in [-0.3, -0.25) is 4.79 Å². The highest BCUT2D eigenvalue weighted by Crippen LogP contribution is 2.30. The van der Waals surface area contributed by atoms with Gasteiger partial charge >= 0.3 is 5.97 Å². The first kappa shape index (κ1) is 15.0. The Labute approximate surface area is 113 Å². The fraction of sp³-hybridized carbons (Fsp3) is 0.500. The smallest absolute Gasteiger partial charge is 0.303 e. The molecule has 1 atom stereocenters. The molecule has 0 saturated heterocycles. The minimum atomic E-state index is -0.815. The molecule has 100 valence electrons. The summed E-state index contributed by atoms with van der Waals surface area (Å²) >= 11 is 6.17. The third-order valence-corrected chi connectivity index (χ3v) is 3.18. The quantitative estimate of drug-likeness (QED) is 0.819. The fourth-order valence-electron chi connectivity index (χ4n) is 2.00. The van der Waals surface area contributed by atoms with Gasteiger partial charge in [-0.25, -0.2) is 0 Å². The van der Waals surface area contributed by atoms with Crippen molar-refractivity contribution in [2.24, 2.45) is 0 Å². The summed E-state index contributed by atoms with van der Waals surface area (Å²) in [4.78, 5) is 10.7. The molecule has 0 aliphatic rings. The third kappa shape index (κ3) is 4.00. The molecule has 0 radical (unpaired) electrons. The molecule has 0 heterocycles. The zero-order valence-electron chi connectivity index (χ0n) is 10.8. The lowest BCUT2D eigenvalue weighted by molar-refractivity contribution is -0.136. The van der Waals surface area contributed by atoms with Gasteiger partial charge in [0.05, 0.1) is 6.10 Å². The summed E-state index contributed by atoms with van der Waals surface area (Å²) in [6.07, 6.45) is 1.35. The number of carboxylic acid groups (broad SMARTS) is 1. The molecule has 4 heteroatoms. The molecule has 1 N–H and O–H groups in total. The van der Waals surface area contributed by atoms with E-state index in [0.29, 0.717) is 18.1 Å². The maximum atomic E-state index is 10.7. The van der Waals surface area contributed by atoms with Crippen molar-refractivity contribution in [3.63, 3.8) is 0 Å². The number of hydrogen-bond acceptors (Lipinski definition) is 2. The summed E-state index contributed by atoms with van der Waals surface area (Å²) in [5.41, 5.74) is 1.90. The number of ether oxygens (including phenoxy) is 1. The van der Waals surface area contributed by atoms with Crippen LogP contribution in [0.5, 0.6) is 0 Å². The maximum Gasteiger partial charge on any atom is 0.303 e. The average Bonchev–Trinajstić information content (AvgIpc) is 2.34. The zero-order chi connectivity index (χ0) is 13.5. The largest absolute Gasteiger partial charge is 0.481 e. The van der Waals surface area contributed by atoms with E-state index in [1.807, 2.05) is 26.0 Å². The summed E-state index contributed by atoms with van der Waals surface area (Å²) < 4.78 is 5.67. The fourth-order valence-corrected chi connectivity index (χ4v) is 2.28. The van der Waals surface area contributed by atoms with Gasteiger partial charge in [0.25, 0.3) is 0 Å². The van der Waals surface area contributed by atoms with Gasteiger partial charge in [-0.1, -0.05) is 30.7 Å². The number of carboxylic acids is 1. The number of rotatable bonds is 7. The van der Waals surface area contributed by atoms with Crippen molar-refractivity contribution in [2.45, 2.75) is 39.2 Å². The Morgan fingerprint density at radius 2 is 2.17 bits per heavy atom. The average molecular weight is 271 g/mol. The van der Waals surface area contributed by atoms with Crippen LogP contribution in [0.15, 0.2) is 18.2 Å². The van der Waals surface area contributed by atoms with E-state index >= 15 is 0 Å². The first-order valence-electron chi connectivity index (χ1n) is 6.20. The van der Waals surface area contributed by atoms with Crippen LogP contribution in [0.3, 0.4) is 0 Å². The Morgan fingerprint density at radius 1 is 1.44 bits per heavy atom. The standard InChI is InChI=1S/C14H19ClO3/c1-3-13(18-4-2)11-6-5-7-12(15)10(11)8-9-14(16)17/h5-7,13H,3-4,8-9H2,1-2H3,(H,16,17). The van der Waals surface area contributed by atoms with Crippen LogP contribution in [-0.2, 0) is 16.0 Å². The molecule has 0 saturated carbocycles. The van der Waals surface area contributed by atoms with Crippen molar-refractivity contribution in [3.8, 4) is 0 Å². The van der Waals surface area contributed by atoms with E-state index in [-0.39, 0.29) is 12.5 Å². The summed E-state index contributed by atoms with van der Waals surface area (Å²) in [6, 6.07) is 5.64. The molecular formula is C14H19ClO3. The van der Waals surface area contributed by atoms with Crippen LogP contribution in [0, 0.1) is 0 Å². The van der Waals surface area contributed by atoms with Crippen LogP contribution >= 0.6 is 11.6 Å². The SMILES string of the molecule is CCOC(CC)c1cccc(Cl)c1CCC(=O)O. The molecule has 0 bridgehead atoms. The van der Waals surface area contributed by atoms with E-state index in [9.17, 15) is 4.79 Å². The van der Waals surface area contributed by atoms with Crippen molar-refractivity contribution in [1.82, 2.24) is 0 Å². The predicted molar refractivity (Wildman–Crippen MR) is 72.1 cm³/mol. The molecule has 1 rings (SSSR count). The van der Waals surface area contributed by atoms with Gasteiger partial charge in [0.1, 0.15) is 0 Å². The Morgan fingerprint density at radius 3 is 2.72 bits per heavy atom. The second-order valence-corrected chi connectivity index (χ2v) is 4.46. The molecule has 1 aromatic rings. The second-order valence-electron chi connectivity index (χ2n) is 4.05. The minimum absolute atomic E-state index is 0.0162. The highest BCUT2D eigenvalue weighted by atomic mass is 35.5. The van der Waals surface area contributed by atoms with Crippen molar-refractivity contribution < 1.29 is 14.6 Å². The van der Waals surface area contributed by atoms with Crippen molar-refractivity contribution in [1.29, 1.82) is 0 Å². The van der Waals surface area contributed by atoms with Crippen molar-refractivity contribution >= 4 is 17.6 Å². The third-order valence-electron chi connectivity index (χ3n) is 2.83. The molecule has 0 fully saturated rings. The molecular weight excluding hydrogens is 252 g/mol. The molecule has 1 aromatic carbocycles. The summed E-state index contributed by atoms with van der Waals surface area (Å²) in [5, 5.41) is 9.40. The summed E-state index contributed by atoms with van der Waals surface area (Å²) in [5.74, 6) is -0.815. The number of benzene rings is 1. The Balaban J connectivity index is 3.01. The maximum absolute atomic E-state index is 10.7. The molecule has 1 unspecified atom stereocenters. The monoisotopic (exact) mass is 270 g/mol. The molecule has 0 amide bonds. The molecule has 0 aliphatic heterocycles. The lowest BCUT2D eigenvalue weighted by Gasteiger charge is -2.19.